The van der Waals surface area contributed by atoms with Gasteiger partial charge in [0.2, 0.25) is 0 Å². The zero-order valence-electron chi connectivity index (χ0n) is 11.7. The van der Waals surface area contributed by atoms with Gasteiger partial charge in [-0.25, -0.2) is 9.59 Å². The Morgan fingerprint density at radius 1 is 0.818 bits per heavy atom. The summed E-state index contributed by atoms with van der Waals surface area (Å²) in [5.74, 6) is -0.841. The van der Waals surface area contributed by atoms with E-state index < -0.39 is 11.9 Å². The maximum Gasteiger partial charge on any atom is 0.348 e. The summed E-state index contributed by atoms with van der Waals surface area (Å²) in [4.78, 5) is 37.3. The van der Waals surface area contributed by atoms with Crippen molar-refractivity contribution < 1.29 is 19.1 Å². The Labute approximate surface area is 133 Å². The highest BCUT2D eigenvalue weighted by Gasteiger charge is 2.29. The third kappa shape index (κ3) is 2.38. The smallest absolute Gasteiger partial charge is 0.348 e. The minimum Gasteiger partial charge on any atom is -0.465 e. The molecule has 112 valence electrons. The molecule has 2 aromatic heterocycles. The minimum absolute atomic E-state index is 0.0588. The van der Waals surface area contributed by atoms with E-state index in [1.54, 1.807) is 24.3 Å². The number of carbonyl (C=O) groups excluding carboxylic acids is 2. The van der Waals surface area contributed by atoms with Gasteiger partial charge in [-0.1, -0.05) is 0 Å². The quantitative estimate of drug-likeness (QED) is 0.686. The van der Waals surface area contributed by atoms with Crippen molar-refractivity contribution in [2.75, 3.05) is 14.2 Å². The molecule has 3 rings (SSSR count). The van der Waals surface area contributed by atoms with Crippen molar-refractivity contribution in [3.05, 3.63) is 44.2 Å². The summed E-state index contributed by atoms with van der Waals surface area (Å²) in [6.07, 6.45) is 0. The van der Waals surface area contributed by atoms with Crippen LogP contribution in [0, 0.1) is 0 Å². The molecule has 2 heterocycles. The molecule has 0 saturated carbocycles. The van der Waals surface area contributed by atoms with Crippen LogP contribution < -0.4 is 5.43 Å². The predicted molar refractivity (Wildman–Crippen MR) is 84.4 cm³/mol. The van der Waals surface area contributed by atoms with Gasteiger partial charge >= 0.3 is 11.9 Å². The monoisotopic (exact) mass is 334 g/mol. The van der Waals surface area contributed by atoms with Gasteiger partial charge in [0, 0.05) is 9.75 Å². The molecule has 0 aliphatic rings. The van der Waals surface area contributed by atoms with Gasteiger partial charge in [0.15, 0.2) is 5.43 Å². The average Bonchev–Trinajstić information content (AvgIpc) is 2.97. The van der Waals surface area contributed by atoms with Gasteiger partial charge in [0.05, 0.1) is 25.3 Å². The van der Waals surface area contributed by atoms with E-state index in [0.717, 1.165) is 9.75 Å². The van der Waals surface area contributed by atoms with E-state index in [1.165, 1.54) is 36.9 Å². The van der Waals surface area contributed by atoms with Crippen molar-refractivity contribution in [1.29, 1.82) is 0 Å². The molecule has 0 radical (unpaired) electrons. The first-order valence-corrected chi connectivity index (χ1v) is 7.86. The summed E-state index contributed by atoms with van der Waals surface area (Å²) < 4.78 is 9.30. The number of hydrogen-bond acceptors (Lipinski definition) is 7. The summed E-state index contributed by atoms with van der Waals surface area (Å²) >= 11 is 2.43. The SMILES string of the molecule is COC(=O)c1ccc(-c2c(-c3ccc(C(=O)OC)s3)c2=O)s1. The second kappa shape index (κ2) is 5.51. The fourth-order valence-electron chi connectivity index (χ4n) is 2.01. The molecule has 7 heteroatoms. The lowest BCUT2D eigenvalue weighted by atomic mass is 10.3. The summed E-state index contributed by atoms with van der Waals surface area (Å²) in [5.41, 5.74) is 1.13. The van der Waals surface area contributed by atoms with E-state index in [1.807, 2.05) is 0 Å². The molecule has 0 aliphatic carbocycles. The zero-order valence-corrected chi connectivity index (χ0v) is 13.3. The van der Waals surface area contributed by atoms with Gasteiger partial charge < -0.3 is 9.47 Å². The highest BCUT2D eigenvalue weighted by Crippen LogP contribution is 2.41. The van der Waals surface area contributed by atoms with Crippen LogP contribution in [0.3, 0.4) is 0 Å². The van der Waals surface area contributed by atoms with Crippen LogP contribution in [-0.4, -0.2) is 26.2 Å². The Morgan fingerprint density at radius 2 is 1.23 bits per heavy atom. The van der Waals surface area contributed by atoms with E-state index in [0.29, 0.717) is 20.9 Å². The first-order chi connectivity index (χ1) is 10.6. The average molecular weight is 334 g/mol. The van der Waals surface area contributed by atoms with Crippen molar-refractivity contribution in [2.24, 2.45) is 0 Å². The molecule has 0 amide bonds. The van der Waals surface area contributed by atoms with Crippen molar-refractivity contribution in [1.82, 2.24) is 0 Å². The Hall–Kier alpha value is -2.25. The van der Waals surface area contributed by atoms with Gasteiger partial charge in [0.1, 0.15) is 9.75 Å². The molecule has 3 aromatic rings. The first kappa shape index (κ1) is 14.7. The molecule has 0 aliphatic heterocycles. The molecule has 0 fully saturated rings. The number of thiophene rings is 2. The van der Waals surface area contributed by atoms with E-state index >= 15 is 0 Å². The van der Waals surface area contributed by atoms with Crippen LogP contribution in [0.25, 0.3) is 20.9 Å². The Morgan fingerprint density at radius 3 is 1.59 bits per heavy atom. The van der Waals surface area contributed by atoms with E-state index in [2.05, 4.69) is 9.47 Å². The summed E-state index contributed by atoms with van der Waals surface area (Å²) in [6, 6.07) is 6.73. The Balaban J connectivity index is 1.90. The third-order valence-corrected chi connectivity index (χ3v) is 5.29. The second-order valence-corrected chi connectivity index (χ2v) is 6.56. The zero-order chi connectivity index (χ0) is 15.9. The largest absolute Gasteiger partial charge is 0.465 e. The molecular formula is C15H10O5S2. The Kier molecular flexibility index (Phi) is 3.67. The number of rotatable bonds is 4. The van der Waals surface area contributed by atoms with Gasteiger partial charge in [0.25, 0.3) is 0 Å². The molecule has 0 spiro atoms. The predicted octanol–water partition coefficient (Wildman–Crippen LogP) is 2.95. The standard InChI is InChI=1S/C15H10O5S2/c1-19-14(17)9-5-3-7(21-9)11-12(13(11)16)8-4-6-10(22-8)15(18)20-2/h3-6H,1-2H3. The van der Waals surface area contributed by atoms with Gasteiger partial charge in [-0.3, -0.25) is 4.79 Å². The van der Waals surface area contributed by atoms with E-state index in [4.69, 9.17) is 0 Å². The molecule has 22 heavy (non-hydrogen) atoms. The fraction of sp³-hybridized carbons (Fsp3) is 0.133. The second-order valence-electron chi connectivity index (χ2n) is 4.39. The fourth-order valence-corrected chi connectivity index (χ4v) is 3.95. The lowest BCUT2D eigenvalue weighted by Crippen LogP contribution is -1.96. The van der Waals surface area contributed by atoms with Crippen molar-refractivity contribution in [3.63, 3.8) is 0 Å². The molecule has 0 saturated heterocycles. The molecule has 1 aromatic carbocycles. The maximum atomic E-state index is 12.0. The van der Waals surface area contributed by atoms with E-state index in [-0.39, 0.29) is 5.43 Å². The normalized spacial score (nSPS) is 10.8. The van der Waals surface area contributed by atoms with Crippen LogP contribution in [0.4, 0.5) is 0 Å². The summed E-state index contributed by atoms with van der Waals surface area (Å²) in [7, 11) is 2.63. The number of hydrogen-bond donors (Lipinski definition) is 0. The van der Waals surface area contributed by atoms with Crippen molar-refractivity contribution in [2.45, 2.75) is 0 Å². The van der Waals surface area contributed by atoms with Crippen LogP contribution >= 0.6 is 22.7 Å². The van der Waals surface area contributed by atoms with Gasteiger partial charge in [-0.15, -0.1) is 22.7 Å². The number of carbonyl (C=O) groups is 2. The topological polar surface area (TPSA) is 69.7 Å². The summed E-state index contributed by atoms with van der Waals surface area (Å²) in [6.45, 7) is 0. The molecule has 0 atom stereocenters. The van der Waals surface area contributed by atoms with Gasteiger partial charge in [-0.2, -0.15) is 0 Å². The number of methoxy groups -OCH3 is 2. The van der Waals surface area contributed by atoms with Crippen LogP contribution in [0.2, 0.25) is 0 Å². The molecule has 0 N–H and O–H groups in total. The van der Waals surface area contributed by atoms with E-state index in [9.17, 15) is 14.4 Å². The molecule has 5 nitrogen and oxygen atoms in total. The van der Waals surface area contributed by atoms with Gasteiger partial charge in [-0.05, 0) is 24.3 Å². The van der Waals surface area contributed by atoms with Crippen LogP contribution in [0.5, 0.6) is 0 Å². The molecule has 0 unspecified atom stereocenters. The molecular weight excluding hydrogens is 324 g/mol. The summed E-state index contributed by atoms with van der Waals surface area (Å²) in [5, 5.41) is 0. The number of ether oxygens (including phenoxy) is 2. The number of esters is 2. The van der Waals surface area contributed by atoms with Crippen LogP contribution in [0.15, 0.2) is 29.1 Å². The highest BCUT2D eigenvalue weighted by molar-refractivity contribution is 7.18. The molecule has 0 bridgehead atoms. The van der Waals surface area contributed by atoms with Crippen molar-refractivity contribution >= 4 is 34.6 Å². The van der Waals surface area contributed by atoms with Crippen LogP contribution in [0.1, 0.15) is 19.3 Å². The van der Waals surface area contributed by atoms with Crippen molar-refractivity contribution in [3.8, 4) is 20.9 Å². The van der Waals surface area contributed by atoms with Crippen LogP contribution in [-0.2, 0) is 9.47 Å². The Bertz CT molecular complexity index is 807. The lowest BCUT2D eigenvalue weighted by molar-refractivity contribution is 0.0597. The highest BCUT2D eigenvalue weighted by atomic mass is 32.1. The third-order valence-electron chi connectivity index (χ3n) is 3.12. The first-order valence-electron chi connectivity index (χ1n) is 6.22. The maximum absolute atomic E-state index is 12.0. The lowest BCUT2D eigenvalue weighted by Gasteiger charge is -1.91. The minimum atomic E-state index is -0.421.